The first kappa shape index (κ1) is 9.04. The Labute approximate surface area is 60.9 Å². The molecule has 0 spiro atoms. The Hall–Kier alpha value is -0.960. The number of hydrogen-bond acceptors (Lipinski definition) is 3. The maximum Gasteiger partial charge on any atom is 0.262 e. The Kier molecular flexibility index (Phi) is 5.57. The molecule has 0 fully saturated rings. The first-order chi connectivity index (χ1) is 4.85. The van der Waals surface area contributed by atoms with E-state index < -0.39 is 6.29 Å². The molecule has 0 aromatic heterocycles. The van der Waals surface area contributed by atoms with Crippen LogP contribution in [-0.4, -0.2) is 20.0 Å². The molecule has 0 aromatic carbocycles. The van der Waals surface area contributed by atoms with Crippen LogP contribution in [0.3, 0.4) is 0 Å². The molecule has 3 heteroatoms. The molecule has 3 nitrogen and oxygen atoms in total. The van der Waals surface area contributed by atoms with Gasteiger partial charge in [0.25, 0.3) is 6.29 Å². The third-order valence-corrected chi connectivity index (χ3v) is 0.799. The zero-order valence-electron chi connectivity index (χ0n) is 6.08. The monoisotopic (exact) mass is 144 g/mol. The fraction of sp³-hybridized carbons (Fsp3) is 0.429. The van der Waals surface area contributed by atoms with E-state index in [4.69, 9.17) is 14.2 Å². The van der Waals surface area contributed by atoms with Gasteiger partial charge in [0.1, 0.15) is 6.61 Å². The molecule has 0 bridgehead atoms. The van der Waals surface area contributed by atoms with Crippen LogP contribution in [0.4, 0.5) is 0 Å². The maximum atomic E-state index is 4.87. The molecule has 0 saturated heterocycles. The van der Waals surface area contributed by atoms with Crippen molar-refractivity contribution in [1.29, 1.82) is 0 Å². The predicted molar refractivity (Wildman–Crippen MR) is 38.2 cm³/mol. The summed E-state index contributed by atoms with van der Waals surface area (Å²) in [5, 5.41) is 0. The molecule has 0 radical (unpaired) electrons. The highest BCUT2D eigenvalue weighted by Gasteiger charge is 2.04. The Balaban J connectivity index is 3.48. The van der Waals surface area contributed by atoms with Crippen LogP contribution in [0.2, 0.25) is 0 Å². The standard InChI is InChI=1S/C7H12O3/c1-4-9-7(6-8-3)10-5-2/h4-5,7H,1-2,6H2,3H3. The van der Waals surface area contributed by atoms with Gasteiger partial charge in [-0.15, -0.1) is 0 Å². The lowest BCUT2D eigenvalue weighted by Gasteiger charge is -2.13. The Morgan fingerprint density at radius 2 is 1.80 bits per heavy atom. The Morgan fingerprint density at radius 1 is 1.30 bits per heavy atom. The van der Waals surface area contributed by atoms with Crippen molar-refractivity contribution in [3.63, 3.8) is 0 Å². The second-order valence-electron chi connectivity index (χ2n) is 1.49. The minimum absolute atomic E-state index is 0.359. The van der Waals surface area contributed by atoms with Crippen LogP contribution in [0.5, 0.6) is 0 Å². The molecule has 0 heterocycles. The molecule has 0 amide bonds. The van der Waals surface area contributed by atoms with Crippen LogP contribution >= 0.6 is 0 Å². The van der Waals surface area contributed by atoms with E-state index in [-0.39, 0.29) is 0 Å². The molecule has 0 aliphatic heterocycles. The van der Waals surface area contributed by atoms with Crippen LogP contribution < -0.4 is 0 Å². The van der Waals surface area contributed by atoms with Crippen molar-refractivity contribution < 1.29 is 14.2 Å². The summed E-state index contributed by atoms with van der Waals surface area (Å²) in [6.45, 7) is 7.10. The third-order valence-electron chi connectivity index (χ3n) is 0.799. The molecule has 10 heavy (non-hydrogen) atoms. The van der Waals surface area contributed by atoms with Crippen molar-refractivity contribution in [3.05, 3.63) is 25.7 Å². The number of rotatable bonds is 6. The summed E-state index contributed by atoms with van der Waals surface area (Å²) in [7, 11) is 1.56. The minimum atomic E-state index is -0.431. The van der Waals surface area contributed by atoms with Crippen LogP contribution in [0, 0.1) is 0 Å². The van der Waals surface area contributed by atoms with Gasteiger partial charge < -0.3 is 14.2 Å². The maximum absolute atomic E-state index is 4.87. The first-order valence-corrected chi connectivity index (χ1v) is 2.86. The van der Waals surface area contributed by atoms with Gasteiger partial charge in [0.05, 0.1) is 12.5 Å². The van der Waals surface area contributed by atoms with Crippen molar-refractivity contribution in [2.24, 2.45) is 0 Å². The van der Waals surface area contributed by atoms with Crippen molar-refractivity contribution in [1.82, 2.24) is 0 Å². The average Bonchev–Trinajstić information content (AvgIpc) is 1.90. The normalized spacial score (nSPS) is 9.00. The molecule has 0 atom stereocenters. The summed E-state index contributed by atoms with van der Waals surface area (Å²) < 4.78 is 14.5. The van der Waals surface area contributed by atoms with Gasteiger partial charge in [-0.05, 0) is 0 Å². The highest BCUT2D eigenvalue weighted by Crippen LogP contribution is 1.95. The average molecular weight is 144 g/mol. The second kappa shape index (κ2) is 6.16. The minimum Gasteiger partial charge on any atom is -0.461 e. The van der Waals surface area contributed by atoms with Gasteiger partial charge in [-0.2, -0.15) is 0 Å². The van der Waals surface area contributed by atoms with E-state index in [2.05, 4.69) is 13.2 Å². The van der Waals surface area contributed by atoms with Crippen LogP contribution in [0.15, 0.2) is 25.7 Å². The fourth-order valence-electron chi connectivity index (χ4n) is 0.461. The predicted octanol–water partition coefficient (Wildman–Crippen LogP) is 1.28. The van der Waals surface area contributed by atoms with Gasteiger partial charge >= 0.3 is 0 Å². The zero-order valence-corrected chi connectivity index (χ0v) is 6.08. The van der Waals surface area contributed by atoms with E-state index in [1.54, 1.807) is 7.11 Å². The second-order valence-corrected chi connectivity index (χ2v) is 1.49. The molecule has 0 aliphatic carbocycles. The van der Waals surface area contributed by atoms with Crippen molar-refractivity contribution >= 4 is 0 Å². The quantitative estimate of drug-likeness (QED) is 0.415. The van der Waals surface area contributed by atoms with E-state index in [9.17, 15) is 0 Å². The smallest absolute Gasteiger partial charge is 0.262 e. The Morgan fingerprint density at radius 3 is 2.10 bits per heavy atom. The number of hydrogen-bond donors (Lipinski definition) is 0. The van der Waals surface area contributed by atoms with Crippen LogP contribution in [0.25, 0.3) is 0 Å². The molecule has 0 N–H and O–H groups in total. The van der Waals surface area contributed by atoms with E-state index in [1.807, 2.05) is 0 Å². The number of ether oxygens (including phenoxy) is 3. The molecule has 0 rings (SSSR count). The summed E-state index contributed by atoms with van der Waals surface area (Å²) in [4.78, 5) is 0. The molecular weight excluding hydrogens is 132 g/mol. The SMILES string of the molecule is C=COC(COC)OC=C. The number of methoxy groups -OCH3 is 1. The lowest BCUT2D eigenvalue weighted by molar-refractivity contribution is -0.0996. The molecule has 0 aliphatic rings. The van der Waals surface area contributed by atoms with Crippen molar-refractivity contribution in [2.45, 2.75) is 6.29 Å². The molecule has 58 valence electrons. The fourth-order valence-corrected chi connectivity index (χ4v) is 0.461. The van der Waals surface area contributed by atoms with Gasteiger partial charge in [-0.3, -0.25) is 0 Å². The van der Waals surface area contributed by atoms with E-state index in [1.165, 1.54) is 12.5 Å². The summed E-state index contributed by atoms with van der Waals surface area (Å²) >= 11 is 0. The lowest BCUT2D eigenvalue weighted by atomic mass is 10.7. The topological polar surface area (TPSA) is 27.7 Å². The van der Waals surface area contributed by atoms with Gasteiger partial charge in [-0.25, -0.2) is 0 Å². The van der Waals surface area contributed by atoms with Crippen molar-refractivity contribution in [3.8, 4) is 0 Å². The van der Waals surface area contributed by atoms with Crippen LogP contribution in [0.1, 0.15) is 0 Å². The Bertz CT molecular complexity index is 91.0. The molecular formula is C7H12O3. The van der Waals surface area contributed by atoms with Crippen molar-refractivity contribution in [2.75, 3.05) is 13.7 Å². The summed E-state index contributed by atoms with van der Waals surface area (Å²) in [5.74, 6) is 0. The molecule has 0 saturated carbocycles. The highest BCUT2D eigenvalue weighted by atomic mass is 16.7. The van der Waals surface area contributed by atoms with Gasteiger partial charge in [0.2, 0.25) is 0 Å². The molecule has 0 aromatic rings. The lowest BCUT2D eigenvalue weighted by Crippen LogP contribution is -2.17. The largest absolute Gasteiger partial charge is 0.461 e. The van der Waals surface area contributed by atoms with E-state index in [0.29, 0.717) is 6.61 Å². The summed E-state index contributed by atoms with van der Waals surface area (Å²) in [5.41, 5.74) is 0. The van der Waals surface area contributed by atoms with Gasteiger partial charge in [0, 0.05) is 7.11 Å². The van der Waals surface area contributed by atoms with Gasteiger partial charge in [0.15, 0.2) is 0 Å². The summed E-state index contributed by atoms with van der Waals surface area (Å²) in [6, 6.07) is 0. The van der Waals surface area contributed by atoms with Gasteiger partial charge in [-0.1, -0.05) is 13.2 Å². The molecule has 0 unspecified atom stereocenters. The van der Waals surface area contributed by atoms with E-state index in [0.717, 1.165) is 0 Å². The highest BCUT2D eigenvalue weighted by molar-refractivity contribution is 4.57. The van der Waals surface area contributed by atoms with E-state index >= 15 is 0 Å². The van der Waals surface area contributed by atoms with Crippen LogP contribution in [-0.2, 0) is 14.2 Å². The zero-order chi connectivity index (χ0) is 7.82. The first-order valence-electron chi connectivity index (χ1n) is 2.86. The summed E-state index contributed by atoms with van der Waals surface area (Å²) in [6.07, 6.45) is 2.17. The third kappa shape index (κ3) is 3.97.